The number of carbonyl (C=O) groups excluding carboxylic acids is 2. The molecule has 1 aliphatic rings. The lowest BCUT2D eigenvalue weighted by Crippen LogP contribution is -2.30. The van der Waals surface area contributed by atoms with Crippen molar-refractivity contribution in [1.29, 1.82) is 0 Å². The van der Waals surface area contributed by atoms with Gasteiger partial charge in [-0.15, -0.1) is 0 Å². The van der Waals surface area contributed by atoms with E-state index in [1.807, 2.05) is 19.9 Å². The third kappa shape index (κ3) is 5.46. The molecule has 0 radical (unpaired) electrons. The van der Waals surface area contributed by atoms with Crippen molar-refractivity contribution in [3.63, 3.8) is 0 Å². The zero-order chi connectivity index (χ0) is 22.6. The molecule has 31 heavy (non-hydrogen) atoms. The first-order valence-electron chi connectivity index (χ1n) is 10.5. The van der Waals surface area contributed by atoms with Gasteiger partial charge in [0.05, 0.1) is 21.2 Å². The molecule has 0 saturated carbocycles. The highest BCUT2D eigenvalue weighted by molar-refractivity contribution is 7.91. The SMILES string of the molecule is CCN(CC)C(=O)c1ccc(NC(=O)CCS(=O)(=O)c2ccc3c(c2)CCC3)cc1Cl. The minimum Gasteiger partial charge on any atom is -0.339 e. The zero-order valence-corrected chi connectivity index (χ0v) is 19.4. The van der Waals surface area contributed by atoms with Crippen LogP contribution >= 0.6 is 11.6 Å². The Bertz CT molecular complexity index is 1090. The third-order valence-corrected chi connectivity index (χ3v) is 7.59. The number of hydrogen-bond acceptors (Lipinski definition) is 4. The van der Waals surface area contributed by atoms with Crippen LogP contribution in [0.1, 0.15) is 48.2 Å². The molecule has 0 fully saturated rings. The van der Waals surface area contributed by atoms with Crippen LogP contribution in [0.3, 0.4) is 0 Å². The second-order valence-corrected chi connectivity index (χ2v) is 10.1. The number of benzene rings is 2. The maximum atomic E-state index is 12.6. The Morgan fingerprint density at radius 2 is 1.74 bits per heavy atom. The van der Waals surface area contributed by atoms with Gasteiger partial charge in [0.2, 0.25) is 5.91 Å². The van der Waals surface area contributed by atoms with Crippen LogP contribution in [0.5, 0.6) is 0 Å². The summed E-state index contributed by atoms with van der Waals surface area (Å²) in [4.78, 5) is 26.7. The van der Waals surface area contributed by atoms with Crippen molar-refractivity contribution in [2.24, 2.45) is 0 Å². The van der Waals surface area contributed by atoms with Crippen molar-refractivity contribution in [2.75, 3.05) is 24.2 Å². The van der Waals surface area contributed by atoms with Crippen molar-refractivity contribution in [1.82, 2.24) is 4.90 Å². The molecule has 0 unspecified atom stereocenters. The predicted octanol–water partition coefficient (Wildman–Crippen LogP) is 4.11. The van der Waals surface area contributed by atoms with Crippen molar-refractivity contribution in [3.05, 3.63) is 58.1 Å². The lowest BCUT2D eigenvalue weighted by atomic mass is 10.1. The van der Waals surface area contributed by atoms with Gasteiger partial charge in [0.25, 0.3) is 5.91 Å². The van der Waals surface area contributed by atoms with Gasteiger partial charge in [0.1, 0.15) is 0 Å². The summed E-state index contributed by atoms with van der Waals surface area (Å²) in [7, 11) is -3.55. The average molecular weight is 463 g/mol. The van der Waals surface area contributed by atoms with Crippen molar-refractivity contribution in [2.45, 2.75) is 44.4 Å². The molecule has 1 N–H and O–H groups in total. The maximum absolute atomic E-state index is 12.6. The van der Waals surface area contributed by atoms with E-state index in [4.69, 9.17) is 11.6 Å². The van der Waals surface area contributed by atoms with Crippen LogP contribution in [-0.4, -0.2) is 44.0 Å². The van der Waals surface area contributed by atoms with Gasteiger partial charge in [-0.1, -0.05) is 17.7 Å². The van der Waals surface area contributed by atoms with Gasteiger partial charge in [-0.3, -0.25) is 9.59 Å². The number of fused-ring (bicyclic) bond motifs is 1. The van der Waals surface area contributed by atoms with E-state index in [-0.39, 0.29) is 28.0 Å². The first kappa shape index (κ1) is 23.3. The lowest BCUT2D eigenvalue weighted by molar-refractivity contribution is -0.115. The maximum Gasteiger partial charge on any atom is 0.255 e. The minimum absolute atomic E-state index is 0.169. The van der Waals surface area contributed by atoms with Gasteiger partial charge < -0.3 is 10.2 Å². The molecule has 2 aromatic rings. The number of rotatable bonds is 8. The van der Waals surface area contributed by atoms with Gasteiger partial charge in [-0.05, 0) is 74.6 Å². The third-order valence-electron chi connectivity index (χ3n) is 5.56. The van der Waals surface area contributed by atoms with Crippen LogP contribution < -0.4 is 5.32 Å². The van der Waals surface area contributed by atoms with Crippen LogP contribution in [0, 0.1) is 0 Å². The Balaban J connectivity index is 1.62. The van der Waals surface area contributed by atoms with E-state index in [1.54, 1.807) is 29.2 Å². The normalized spacial score (nSPS) is 13.0. The summed E-state index contributed by atoms with van der Waals surface area (Å²) < 4.78 is 25.3. The molecule has 6 nitrogen and oxygen atoms in total. The molecule has 166 valence electrons. The molecule has 8 heteroatoms. The van der Waals surface area contributed by atoms with E-state index in [1.165, 1.54) is 11.6 Å². The Hall–Kier alpha value is -2.38. The molecule has 2 amide bonds. The zero-order valence-electron chi connectivity index (χ0n) is 17.8. The number of nitrogens with one attached hydrogen (secondary N) is 1. The summed E-state index contributed by atoms with van der Waals surface area (Å²) in [6.07, 6.45) is 2.76. The Morgan fingerprint density at radius 1 is 1.03 bits per heavy atom. The highest BCUT2D eigenvalue weighted by atomic mass is 35.5. The quantitative estimate of drug-likeness (QED) is 0.639. The number of hydrogen-bond donors (Lipinski definition) is 1. The van der Waals surface area contributed by atoms with E-state index in [2.05, 4.69) is 5.32 Å². The fourth-order valence-corrected chi connectivity index (χ4v) is 5.31. The van der Waals surface area contributed by atoms with E-state index < -0.39 is 15.7 Å². The highest BCUT2D eigenvalue weighted by Gasteiger charge is 2.20. The Labute approximate surface area is 188 Å². The number of amides is 2. The van der Waals surface area contributed by atoms with E-state index in [0.29, 0.717) is 24.3 Å². The molecule has 1 aliphatic carbocycles. The highest BCUT2D eigenvalue weighted by Crippen LogP contribution is 2.26. The van der Waals surface area contributed by atoms with Crippen LogP contribution in [0.25, 0.3) is 0 Å². The second-order valence-electron chi connectivity index (χ2n) is 7.57. The number of carbonyl (C=O) groups is 2. The fourth-order valence-electron chi connectivity index (χ4n) is 3.76. The molecular weight excluding hydrogens is 436 g/mol. The molecule has 0 aromatic heterocycles. The lowest BCUT2D eigenvalue weighted by Gasteiger charge is -2.19. The van der Waals surface area contributed by atoms with Crippen molar-refractivity contribution in [3.8, 4) is 0 Å². The fraction of sp³-hybridized carbons (Fsp3) is 0.391. The predicted molar refractivity (Wildman–Crippen MR) is 122 cm³/mol. The number of nitrogens with zero attached hydrogens (tertiary/aromatic N) is 1. The smallest absolute Gasteiger partial charge is 0.255 e. The van der Waals surface area contributed by atoms with Crippen LogP contribution in [0.4, 0.5) is 5.69 Å². The first-order valence-corrected chi connectivity index (χ1v) is 12.5. The van der Waals surface area contributed by atoms with Gasteiger partial charge >= 0.3 is 0 Å². The molecule has 3 rings (SSSR count). The summed E-state index contributed by atoms with van der Waals surface area (Å²) in [5.74, 6) is -0.874. The van der Waals surface area contributed by atoms with Gasteiger partial charge in [-0.2, -0.15) is 0 Å². The average Bonchev–Trinajstić information content (AvgIpc) is 3.21. The summed E-state index contributed by atoms with van der Waals surface area (Å²) in [5, 5.41) is 2.90. The number of sulfone groups is 1. The van der Waals surface area contributed by atoms with Crippen molar-refractivity contribution < 1.29 is 18.0 Å². The molecule has 0 spiro atoms. The molecule has 2 aromatic carbocycles. The first-order chi connectivity index (χ1) is 14.7. The molecule has 0 bridgehead atoms. The Kier molecular flexibility index (Phi) is 7.38. The summed E-state index contributed by atoms with van der Waals surface area (Å²) in [5.41, 5.74) is 3.07. The van der Waals surface area contributed by atoms with Crippen LogP contribution in [-0.2, 0) is 27.5 Å². The molecular formula is C23H27ClN2O4S. The summed E-state index contributed by atoms with van der Waals surface area (Å²) >= 11 is 6.25. The van der Waals surface area contributed by atoms with E-state index in [0.717, 1.165) is 24.8 Å². The van der Waals surface area contributed by atoms with Crippen LogP contribution in [0.2, 0.25) is 5.02 Å². The van der Waals surface area contributed by atoms with E-state index >= 15 is 0 Å². The minimum atomic E-state index is -3.55. The van der Waals surface area contributed by atoms with Gasteiger partial charge in [0.15, 0.2) is 9.84 Å². The van der Waals surface area contributed by atoms with Crippen LogP contribution in [0.15, 0.2) is 41.3 Å². The Morgan fingerprint density at radius 3 is 2.42 bits per heavy atom. The van der Waals surface area contributed by atoms with Gasteiger partial charge in [0, 0.05) is 25.2 Å². The summed E-state index contributed by atoms with van der Waals surface area (Å²) in [6, 6.07) is 9.91. The topological polar surface area (TPSA) is 83.6 Å². The standard InChI is InChI=1S/C23H27ClN2O4S/c1-3-26(4-2)23(28)20-11-9-18(15-21(20)24)25-22(27)12-13-31(29,30)19-10-8-16-6-5-7-17(16)14-19/h8-11,14-15H,3-7,12-13H2,1-2H3,(H,25,27). The molecule has 0 saturated heterocycles. The number of halogens is 1. The largest absolute Gasteiger partial charge is 0.339 e. The second kappa shape index (κ2) is 9.83. The number of aryl methyl sites for hydroxylation is 2. The molecule has 0 atom stereocenters. The monoisotopic (exact) mass is 462 g/mol. The molecule has 0 aliphatic heterocycles. The summed E-state index contributed by atoms with van der Waals surface area (Å²) in [6.45, 7) is 4.92. The van der Waals surface area contributed by atoms with Gasteiger partial charge in [-0.25, -0.2) is 8.42 Å². The number of anilines is 1. The van der Waals surface area contributed by atoms with E-state index in [9.17, 15) is 18.0 Å². The molecule has 0 heterocycles. The van der Waals surface area contributed by atoms with Crippen molar-refractivity contribution >= 4 is 38.9 Å².